The normalized spacial score (nSPS) is 11.2. The van der Waals surface area contributed by atoms with Crippen molar-refractivity contribution in [2.75, 3.05) is 13.6 Å². The van der Waals surface area contributed by atoms with Crippen molar-refractivity contribution in [3.8, 4) is 0 Å². The first-order chi connectivity index (χ1) is 13.7. The topological polar surface area (TPSA) is 58.3 Å². The fourth-order valence-electron chi connectivity index (χ4n) is 2.88. The molecule has 0 radical (unpaired) electrons. The molecule has 0 spiro atoms. The summed E-state index contributed by atoms with van der Waals surface area (Å²) in [7, 11) is 1.96. The molecule has 0 saturated carbocycles. The van der Waals surface area contributed by atoms with E-state index in [1.54, 1.807) is 29.8 Å². The largest absolute Gasteiger partial charge is 0.354 e. The summed E-state index contributed by atoms with van der Waals surface area (Å²) < 4.78 is 15.5. The summed E-state index contributed by atoms with van der Waals surface area (Å²) in [4.78, 5) is 7.96. The van der Waals surface area contributed by atoms with Crippen LogP contribution in [0.3, 0.4) is 0 Å². The first kappa shape index (κ1) is 23.3. The lowest BCUT2D eigenvalue weighted by molar-refractivity contribution is 0.468. The molecule has 9 heteroatoms. The predicted octanol–water partition coefficient (Wildman–Crippen LogP) is 3.94. The third-order valence-electron chi connectivity index (χ3n) is 4.28. The standard InChI is InChI=1S/C20H25FN6S.HI/c1-3-19-25-24-15-27(19)10-9-22-20(23-13-18-8-5-11-28-18)26(2)14-16-6-4-7-17(21)12-16;/h4-8,11-12,15H,3,9-10,13-14H2,1-2H3,(H,22,23);1H. The van der Waals surface area contributed by atoms with Gasteiger partial charge in [0.1, 0.15) is 18.0 Å². The third-order valence-corrected chi connectivity index (χ3v) is 5.14. The molecule has 0 aliphatic rings. The quantitative estimate of drug-likeness (QED) is 0.274. The molecule has 0 aliphatic carbocycles. The lowest BCUT2D eigenvalue weighted by Crippen LogP contribution is -2.40. The minimum absolute atomic E-state index is 0. The fourth-order valence-corrected chi connectivity index (χ4v) is 3.51. The van der Waals surface area contributed by atoms with Crippen LogP contribution in [0.4, 0.5) is 4.39 Å². The minimum Gasteiger partial charge on any atom is -0.354 e. The van der Waals surface area contributed by atoms with Crippen LogP contribution in [0.15, 0.2) is 53.1 Å². The van der Waals surface area contributed by atoms with Gasteiger partial charge in [0.05, 0.1) is 6.54 Å². The Hall–Kier alpha value is -2.01. The number of nitrogens with zero attached hydrogens (tertiary/aromatic N) is 5. The van der Waals surface area contributed by atoms with E-state index in [1.165, 1.54) is 10.9 Å². The first-order valence-corrected chi connectivity index (χ1v) is 10.2. The summed E-state index contributed by atoms with van der Waals surface area (Å²) in [6.45, 7) is 4.69. The molecular formula is C20H26FIN6S. The SMILES string of the molecule is CCc1nncn1CCNC(=NCc1cccs1)N(C)Cc1cccc(F)c1.I. The maximum Gasteiger partial charge on any atom is 0.194 e. The first-order valence-electron chi connectivity index (χ1n) is 9.28. The number of guanidine groups is 1. The van der Waals surface area contributed by atoms with Gasteiger partial charge in [0.25, 0.3) is 0 Å². The summed E-state index contributed by atoms with van der Waals surface area (Å²) >= 11 is 1.69. The van der Waals surface area contributed by atoms with Gasteiger partial charge >= 0.3 is 0 Å². The van der Waals surface area contributed by atoms with Gasteiger partial charge in [-0.1, -0.05) is 25.1 Å². The van der Waals surface area contributed by atoms with Crippen molar-refractivity contribution in [2.24, 2.45) is 4.99 Å². The molecule has 0 unspecified atom stereocenters. The van der Waals surface area contributed by atoms with Crippen LogP contribution in [0.5, 0.6) is 0 Å². The number of benzene rings is 1. The molecule has 1 N–H and O–H groups in total. The van der Waals surface area contributed by atoms with Crippen molar-refractivity contribution in [3.05, 3.63) is 70.2 Å². The second-order valence-electron chi connectivity index (χ2n) is 6.43. The number of nitrogens with one attached hydrogen (secondary N) is 1. The van der Waals surface area contributed by atoms with Gasteiger partial charge in [-0.2, -0.15) is 0 Å². The average molecular weight is 528 g/mol. The van der Waals surface area contributed by atoms with Crippen LogP contribution in [0.1, 0.15) is 23.2 Å². The zero-order valence-corrected chi connectivity index (χ0v) is 19.7. The molecule has 2 heterocycles. The molecule has 156 valence electrons. The maximum absolute atomic E-state index is 13.5. The number of aliphatic imine (C=N–C) groups is 1. The Morgan fingerprint density at radius 2 is 2.17 bits per heavy atom. The van der Waals surface area contributed by atoms with Crippen LogP contribution < -0.4 is 5.32 Å². The number of hydrogen-bond donors (Lipinski definition) is 1. The highest BCUT2D eigenvalue weighted by Crippen LogP contribution is 2.11. The van der Waals surface area contributed by atoms with Crippen LogP contribution in [0.25, 0.3) is 0 Å². The highest BCUT2D eigenvalue weighted by molar-refractivity contribution is 14.0. The van der Waals surface area contributed by atoms with E-state index < -0.39 is 0 Å². The minimum atomic E-state index is -0.226. The molecule has 29 heavy (non-hydrogen) atoms. The van der Waals surface area contributed by atoms with Crippen LogP contribution in [0, 0.1) is 5.82 Å². The summed E-state index contributed by atoms with van der Waals surface area (Å²) in [5.41, 5.74) is 0.903. The van der Waals surface area contributed by atoms with Gasteiger partial charge in [0.2, 0.25) is 0 Å². The lowest BCUT2D eigenvalue weighted by atomic mass is 10.2. The van der Waals surface area contributed by atoms with E-state index in [4.69, 9.17) is 4.99 Å². The van der Waals surface area contributed by atoms with Gasteiger partial charge in [0, 0.05) is 38.0 Å². The Morgan fingerprint density at radius 1 is 1.31 bits per heavy atom. The van der Waals surface area contributed by atoms with Gasteiger partial charge in [0.15, 0.2) is 5.96 Å². The number of rotatable bonds is 8. The van der Waals surface area contributed by atoms with Gasteiger partial charge < -0.3 is 14.8 Å². The van der Waals surface area contributed by atoms with Crippen LogP contribution in [-0.4, -0.2) is 39.2 Å². The van der Waals surface area contributed by atoms with Crippen LogP contribution >= 0.6 is 35.3 Å². The van der Waals surface area contributed by atoms with E-state index in [0.717, 1.165) is 30.3 Å². The molecule has 0 fully saturated rings. The summed E-state index contributed by atoms with van der Waals surface area (Å²) in [5, 5.41) is 13.5. The van der Waals surface area contributed by atoms with Gasteiger partial charge in [-0.25, -0.2) is 9.38 Å². The number of hydrogen-bond acceptors (Lipinski definition) is 4. The molecule has 3 rings (SSSR count). The number of aromatic nitrogens is 3. The molecule has 0 atom stereocenters. The van der Waals surface area contributed by atoms with E-state index >= 15 is 0 Å². The molecule has 0 aliphatic heterocycles. The monoisotopic (exact) mass is 528 g/mol. The maximum atomic E-state index is 13.5. The van der Waals surface area contributed by atoms with Gasteiger partial charge in [-0.15, -0.1) is 45.5 Å². The highest BCUT2D eigenvalue weighted by atomic mass is 127. The van der Waals surface area contributed by atoms with Crippen LogP contribution in [0.2, 0.25) is 0 Å². The molecule has 0 amide bonds. The van der Waals surface area contributed by atoms with Gasteiger partial charge in [-0.3, -0.25) is 0 Å². The zero-order valence-electron chi connectivity index (χ0n) is 16.6. The number of aryl methyl sites for hydroxylation is 1. The molecule has 0 saturated heterocycles. The number of thiophene rings is 1. The van der Waals surface area contributed by atoms with Crippen molar-refractivity contribution in [1.29, 1.82) is 0 Å². The summed E-state index contributed by atoms with van der Waals surface area (Å²) in [5.74, 6) is 1.52. The van der Waals surface area contributed by atoms with Crippen molar-refractivity contribution in [3.63, 3.8) is 0 Å². The highest BCUT2D eigenvalue weighted by Gasteiger charge is 2.09. The lowest BCUT2D eigenvalue weighted by Gasteiger charge is -2.23. The number of halogens is 2. The van der Waals surface area contributed by atoms with Crippen molar-refractivity contribution >= 4 is 41.3 Å². The Labute approximate surface area is 191 Å². The van der Waals surface area contributed by atoms with E-state index in [2.05, 4.69) is 28.5 Å². The van der Waals surface area contributed by atoms with E-state index in [9.17, 15) is 4.39 Å². The average Bonchev–Trinajstić information content (AvgIpc) is 3.36. The molecule has 0 bridgehead atoms. The predicted molar refractivity (Wildman–Crippen MR) is 126 cm³/mol. The molecule has 2 aromatic heterocycles. The zero-order chi connectivity index (χ0) is 19.8. The molecule has 1 aromatic carbocycles. The van der Waals surface area contributed by atoms with Gasteiger partial charge in [-0.05, 0) is 29.1 Å². The van der Waals surface area contributed by atoms with E-state index in [0.29, 0.717) is 19.6 Å². The smallest absolute Gasteiger partial charge is 0.194 e. The molecule has 6 nitrogen and oxygen atoms in total. The Kier molecular flexibility index (Phi) is 9.52. The van der Waals surface area contributed by atoms with Crippen molar-refractivity contribution in [2.45, 2.75) is 33.0 Å². The van der Waals surface area contributed by atoms with Crippen molar-refractivity contribution < 1.29 is 4.39 Å². The van der Waals surface area contributed by atoms with Crippen molar-refractivity contribution in [1.82, 2.24) is 25.0 Å². The molecular weight excluding hydrogens is 502 g/mol. The summed E-state index contributed by atoms with van der Waals surface area (Å²) in [6.07, 6.45) is 2.60. The third kappa shape index (κ3) is 7.07. The second-order valence-corrected chi connectivity index (χ2v) is 7.46. The van der Waals surface area contributed by atoms with E-state index in [1.807, 2.05) is 34.0 Å². The molecule has 3 aromatic rings. The fraction of sp³-hybridized carbons (Fsp3) is 0.350. The van der Waals surface area contributed by atoms with E-state index in [-0.39, 0.29) is 29.8 Å². The van der Waals surface area contributed by atoms with Crippen LogP contribution in [-0.2, 0) is 26.1 Å². The second kappa shape index (κ2) is 11.9. The summed E-state index contributed by atoms with van der Waals surface area (Å²) in [6, 6.07) is 10.8. The Morgan fingerprint density at radius 3 is 2.90 bits per heavy atom. The Balaban J connectivity index is 0.00000300. The Bertz CT molecular complexity index is 896.